The fourth-order valence-corrected chi connectivity index (χ4v) is 2.70. The van der Waals surface area contributed by atoms with Gasteiger partial charge in [-0.3, -0.25) is 4.79 Å². The van der Waals surface area contributed by atoms with E-state index >= 15 is 0 Å². The number of benzene rings is 1. The zero-order chi connectivity index (χ0) is 15.9. The maximum Gasteiger partial charge on any atom is 0.274 e. The monoisotopic (exact) mass is 302 g/mol. The minimum Gasteiger partial charge on any atom is -0.378 e. The lowest BCUT2D eigenvalue weighted by atomic mass is 10.1. The summed E-state index contributed by atoms with van der Waals surface area (Å²) in [5, 5.41) is 0. The highest BCUT2D eigenvalue weighted by Gasteiger charge is 2.27. The molecule has 2 aliphatic heterocycles. The van der Waals surface area contributed by atoms with Crippen molar-refractivity contribution in [2.45, 2.75) is 27.2 Å². The molecule has 1 aromatic carbocycles. The summed E-state index contributed by atoms with van der Waals surface area (Å²) in [6, 6.07) is 8.15. The highest BCUT2D eigenvalue weighted by atomic mass is 16.5. The van der Waals surface area contributed by atoms with Gasteiger partial charge in [-0.05, 0) is 25.5 Å². The predicted octanol–water partition coefficient (Wildman–Crippen LogP) is 2.97. The molecule has 2 heterocycles. The molecule has 2 aliphatic rings. The second-order valence-corrected chi connectivity index (χ2v) is 5.27. The molecule has 120 valence electrons. The Balaban J connectivity index is 0.000000847. The van der Waals surface area contributed by atoms with Gasteiger partial charge in [0.25, 0.3) is 5.91 Å². The molecule has 4 heteroatoms. The summed E-state index contributed by atoms with van der Waals surface area (Å²) >= 11 is 0. The smallest absolute Gasteiger partial charge is 0.274 e. The quantitative estimate of drug-likeness (QED) is 0.842. The van der Waals surface area contributed by atoms with E-state index in [1.807, 2.05) is 30.9 Å². The van der Waals surface area contributed by atoms with Crippen LogP contribution in [0.15, 0.2) is 36.0 Å². The van der Waals surface area contributed by atoms with Gasteiger partial charge < -0.3 is 14.5 Å². The molecule has 1 amide bonds. The summed E-state index contributed by atoms with van der Waals surface area (Å²) in [6.45, 7) is 9.83. The number of nitrogens with zero attached hydrogens (tertiary/aromatic N) is 2. The zero-order valence-electron chi connectivity index (χ0n) is 13.8. The van der Waals surface area contributed by atoms with E-state index in [0.717, 1.165) is 37.4 Å². The van der Waals surface area contributed by atoms with Crippen LogP contribution >= 0.6 is 0 Å². The first-order valence-electron chi connectivity index (χ1n) is 8.17. The minimum absolute atomic E-state index is 0.113. The fraction of sp³-hybridized carbons (Fsp3) is 0.500. The van der Waals surface area contributed by atoms with Crippen LogP contribution in [0.25, 0.3) is 0 Å². The molecule has 0 radical (unpaired) electrons. The third-order valence-electron chi connectivity index (χ3n) is 3.85. The van der Waals surface area contributed by atoms with Crippen LogP contribution in [-0.2, 0) is 9.53 Å². The summed E-state index contributed by atoms with van der Waals surface area (Å²) in [7, 11) is 0. The zero-order valence-corrected chi connectivity index (χ0v) is 13.8. The van der Waals surface area contributed by atoms with Crippen LogP contribution in [0.2, 0.25) is 0 Å². The summed E-state index contributed by atoms with van der Waals surface area (Å²) < 4.78 is 5.36. The molecule has 0 saturated carbocycles. The van der Waals surface area contributed by atoms with Crippen molar-refractivity contribution in [2.24, 2.45) is 0 Å². The summed E-state index contributed by atoms with van der Waals surface area (Å²) in [4.78, 5) is 16.7. The van der Waals surface area contributed by atoms with Gasteiger partial charge in [0.1, 0.15) is 0 Å². The second-order valence-electron chi connectivity index (χ2n) is 5.27. The molecular weight excluding hydrogens is 276 g/mol. The molecule has 0 aliphatic carbocycles. The fourth-order valence-electron chi connectivity index (χ4n) is 2.70. The van der Waals surface area contributed by atoms with Crippen molar-refractivity contribution in [2.75, 3.05) is 37.7 Å². The summed E-state index contributed by atoms with van der Waals surface area (Å²) in [5.41, 5.74) is 3.03. The van der Waals surface area contributed by atoms with Crippen molar-refractivity contribution in [3.05, 3.63) is 41.6 Å². The largest absolute Gasteiger partial charge is 0.378 e. The molecule has 0 aromatic heterocycles. The van der Waals surface area contributed by atoms with E-state index in [1.54, 1.807) is 0 Å². The van der Waals surface area contributed by atoms with Gasteiger partial charge in [0.2, 0.25) is 0 Å². The van der Waals surface area contributed by atoms with Gasteiger partial charge in [-0.25, -0.2) is 0 Å². The number of morpholine rings is 1. The number of anilines is 1. The normalized spacial score (nSPS) is 18.5. The van der Waals surface area contributed by atoms with Gasteiger partial charge in [0.15, 0.2) is 0 Å². The Morgan fingerprint density at radius 2 is 1.64 bits per heavy atom. The SMILES string of the molecule is CC.Cc1ccc(N2CCC=C(N3CCOCC3)C2=O)cc1. The van der Waals surface area contributed by atoms with Crippen LogP contribution in [0.4, 0.5) is 5.69 Å². The van der Waals surface area contributed by atoms with Crippen LogP contribution in [0.1, 0.15) is 25.8 Å². The Morgan fingerprint density at radius 3 is 2.27 bits per heavy atom. The number of amides is 1. The maximum atomic E-state index is 12.7. The number of rotatable bonds is 2. The van der Waals surface area contributed by atoms with Crippen LogP contribution in [-0.4, -0.2) is 43.7 Å². The first-order valence-corrected chi connectivity index (χ1v) is 8.17. The van der Waals surface area contributed by atoms with Gasteiger partial charge in [-0.2, -0.15) is 0 Å². The number of carbonyl (C=O) groups is 1. The van der Waals surface area contributed by atoms with E-state index in [1.165, 1.54) is 5.56 Å². The van der Waals surface area contributed by atoms with Crippen molar-refractivity contribution in [1.82, 2.24) is 4.90 Å². The molecule has 1 fully saturated rings. The van der Waals surface area contributed by atoms with Crippen LogP contribution < -0.4 is 4.90 Å². The standard InChI is InChI=1S/C16H20N2O2.C2H6/c1-13-4-6-14(7-5-13)18-8-2-3-15(16(18)19)17-9-11-20-12-10-17;1-2/h3-7H,2,8-12H2,1H3;1-2H3. The average molecular weight is 302 g/mol. The van der Waals surface area contributed by atoms with Gasteiger partial charge in [-0.15, -0.1) is 0 Å². The molecule has 0 bridgehead atoms. The number of hydrogen-bond donors (Lipinski definition) is 0. The number of aryl methyl sites for hydroxylation is 1. The summed E-state index contributed by atoms with van der Waals surface area (Å²) in [6.07, 6.45) is 2.98. The Morgan fingerprint density at radius 1 is 1.00 bits per heavy atom. The number of ether oxygens (including phenoxy) is 1. The van der Waals surface area contributed by atoms with E-state index in [0.29, 0.717) is 13.2 Å². The van der Waals surface area contributed by atoms with Crippen LogP contribution in [0.3, 0.4) is 0 Å². The van der Waals surface area contributed by atoms with Gasteiger partial charge in [0.05, 0.1) is 18.9 Å². The van der Waals surface area contributed by atoms with E-state index in [-0.39, 0.29) is 5.91 Å². The van der Waals surface area contributed by atoms with E-state index in [4.69, 9.17) is 4.74 Å². The predicted molar refractivity (Wildman–Crippen MR) is 90.0 cm³/mol. The van der Waals surface area contributed by atoms with E-state index in [2.05, 4.69) is 30.0 Å². The molecule has 3 rings (SSSR count). The average Bonchev–Trinajstić information content (AvgIpc) is 2.59. The molecule has 1 aromatic rings. The lowest BCUT2D eigenvalue weighted by molar-refractivity contribution is -0.117. The number of carbonyl (C=O) groups excluding carboxylic acids is 1. The molecule has 22 heavy (non-hydrogen) atoms. The van der Waals surface area contributed by atoms with Gasteiger partial charge >= 0.3 is 0 Å². The topological polar surface area (TPSA) is 32.8 Å². The molecule has 4 nitrogen and oxygen atoms in total. The minimum atomic E-state index is 0.113. The van der Waals surface area contributed by atoms with Crippen molar-refractivity contribution in [1.29, 1.82) is 0 Å². The first-order chi connectivity index (χ1) is 10.8. The second kappa shape index (κ2) is 7.99. The lowest BCUT2D eigenvalue weighted by Crippen LogP contribution is -2.45. The molecule has 0 N–H and O–H groups in total. The third kappa shape index (κ3) is 3.69. The molecule has 0 spiro atoms. The lowest BCUT2D eigenvalue weighted by Gasteiger charge is -2.35. The maximum absolute atomic E-state index is 12.7. The van der Waals surface area contributed by atoms with Crippen molar-refractivity contribution in [3.8, 4) is 0 Å². The Labute approximate surface area is 133 Å². The van der Waals surface area contributed by atoms with Gasteiger partial charge in [0, 0.05) is 25.3 Å². The van der Waals surface area contributed by atoms with E-state index < -0.39 is 0 Å². The first kappa shape index (κ1) is 16.6. The third-order valence-corrected chi connectivity index (χ3v) is 3.85. The highest BCUT2D eigenvalue weighted by molar-refractivity contribution is 6.06. The number of hydrogen-bond acceptors (Lipinski definition) is 3. The summed E-state index contributed by atoms with van der Waals surface area (Å²) in [5.74, 6) is 0.113. The highest BCUT2D eigenvalue weighted by Crippen LogP contribution is 2.23. The molecule has 0 atom stereocenters. The van der Waals surface area contributed by atoms with E-state index in [9.17, 15) is 4.79 Å². The van der Waals surface area contributed by atoms with Crippen molar-refractivity contribution < 1.29 is 9.53 Å². The van der Waals surface area contributed by atoms with Crippen LogP contribution in [0, 0.1) is 6.92 Å². The van der Waals surface area contributed by atoms with Gasteiger partial charge in [-0.1, -0.05) is 37.6 Å². The molecular formula is C18H26N2O2. The Kier molecular flexibility index (Phi) is 6.01. The van der Waals surface area contributed by atoms with Crippen molar-refractivity contribution >= 4 is 11.6 Å². The van der Waals surface area contributed by atoms with Crippen molar-refractivity contribution in [3.63, 3.8) is 0 Å². The molecule has 1 saturated heterocycles. The Bertz CT molecular complexity index is 516. The van der Waals surface area contributed by atoms with Crippen LogP contribution in [0.5, 0.6) is 0 Å². The molecule has 0 unspecified atom stereocenters. The Hall–Kier alpha value is -1.81.